The van der Waals surface area contributed by atoms with Crippen LogP contribution in [0.25, 0.3) is 11.1 Å². The maximum atomic E-state index is 11.7. The van der Waals surface area contributed by atoms with Crippen LogP contribution in [0.5, 0.6) is 0 Å². The Labute approximate surface area is 113 Å². The van der Waals surface area contributed by atoms with E-state index in [1.807, 2.05) is 39.1 Å². The van der Waals surface area contributed by atoms with Crippen LogP contribution in [0.2, 0.25) is 0 Å². The summed E-state index contributed by atoms with van der Waals surface area (Å²) in [5.74, 6) is -0.180. The average molecular weight is 257 g/mol. The fraction of sp³-hybridized carbons (Fsp3) is 0.312. The zero-order chi connectivity index (χ0) is 13.8. The van der Waals surface area contributed by atoms with Gasteiger partial charge < -0.3 is 9.30 Å². The third kappa shape index (κ3) is 2.87. The summed E-state index contributed by atoms with van der Waals surface area (Å²) in [6.07, 6.45) is 0.308. The van der Waals surface area contributed by atoms with Crippen molar-refractivity contribution in [2.75, 3.05) is 6.61 Å². The van der Waals surface area contributed by atoms with Crippen LogP contribution in [0.15, 0.2) is 36.4 Å². The minimum Gasteiger partial charge on any atom is -0.466 e. The summed E-state index contributed by atoms with van der Waals surface area (Å²) in [6.45, 7) is 4.29. The first kappa shape index (κ1) is 13.4. The third-order valence-electron chi connectivity index (χ3n) is 3.30. The molecule has 0 aliphatic heterocycles. The van der Waals surface area contributed by atoms with Crippen molar-refractivity contribution in [2.45, 2.75) is 20.3 Å². The molecule has 0 N–H and O–H groups in total. The summed E-state index contributed by atoms with van der Waals surface area (Å²) in [6, 6.07) is 12.2. The number of esters is 1. The number of rotatable bonds is 4. The molecule has 2 aromatic rings. The molecule has 3 nitrogen and oxygen atoms in total. The first-order valence-electron chi connectivity index (χ1n) is 6.49. The Morgan fingerprint density at radius 2 is 1.95 bits per heavy atom. The molecule has 0 fully saturated rings. The molecule has 100 valence electrons. The summed E-state index contributed by atoms with van der Waals surface area (Å²) in [7, 11) is 1.98. The van der Waals surface area contributed by atoms with Crippen LogP contribution in [0.1, 0.15) is 18.3 Å². The van der Waals surface area contributed by atoms with E-state index in [0.29, 0.717) is 13.0 Å². The molecule has 0 saturated carbocycles. The zero-order valence-corrected chi connectivity index (χ0v) is 11.6. The quantitative estimate of drug-likeness (QED) is 0.788. The number of aryl methyl sites for hydroxylation is 1. The molecule has 0 bridgehead atoms. The normalized spacial score (nSPS) is 10.5. The first-order valence-corrected chi connectivity index (χ1v) is 6.49. The number of hydrogen-bond donors (Lipinski definition) is 0. The largest absolute Gasteiger partial charge is 0.466 e. The molecule has 0 unspecified atom stereocenters. The highest BCUT2D eigenvalue weighted by molar-refractivity contribution is 5.77. The van der Waals surface area contributed by atoms with E-state index in [9.17, 15) is 4.79 Å². The molecule has 0 atom stereocenters. The van der Waals surface area contributed by atoms with Gasteiger partial charge in [0.05, 0.1) is 13.0 Å². The molecule has 0 aliphatic rings. The van der Waals surface area contributed by atoms with E-state index in [1.54, 1.807) is 0 Å². The van der Waals surface area contributed by atoms with Gasteiger partial charge in [0.15, 0.2) is 0 Å². The molecule has 0 saturated heterocycles. The van der Waals surface area contributed by atoms with Gasteiger partial charge in [0.25, 0.3) is 0 Å². The molecule has 1 heterocycles. The van der Waals surface area contributed by atoms with E-state index >= 15 is 0 Å². The molecular weight excluding hydrogens is 238 g/mol. The number of carbonyl (C=O) groups excluding carboxylic acids is 1. The van der Waals surface area contributed by atoms with Gasteiger partial charge in [0.1, 0.15) is 0 Å². The van der Waals surface area contributed by atoms with Crippen molar-refractivity contribution in [3.8, 4) is 11.1 Å². The number of hydrogen-bond acceptors (Lipinski definition) is 2. The number of aromatic nitrogens is 1. The van der Waals surface area contributed by atoms with E-state index in [1.165, 1.54) is 0 Å². The molecule has 0 aliphatic carbocycles. The molecule has 2 rings (SSSR count). The molecular formula is C16H19NO2. The summed E-state index contributed by atoms with van der Waals surface area (Å²) < 4.78 is 7.10. The van der Waals surface area contributed by atoms with Crippen molar-refractivity contribution < 1.29 is 9.53 Å². The van der Waals surface area contributed by atoms with Crippen molar-refractivity contribution in [3.63, 3.8) is 0 Å². The highest BCUT2D eigenvalue weighted by atomic mass is 16.5. The molecule has 1 aromatic carbocycles. The predicted molar refractivity (Wildman–Crippen MR) is 75.9 cm³/mol. The fourth-order valence-corrected chi connectivity index (χ4v) is 2.21. The molecule has 19 heavy (non-hydrogen) atoms. The number of benzene rings is 1. The highest BCUT2D eigenvalue weighted by Gasteiger charge is 2.15. The maximum absolute atomic E-state index is 11.7. The molecule has 1 aromatic heterocycles. The van der Waals surface area contributed by atoms with Crippen molar-refractivity contribution in [2.24, 2.45) is 7.05 Å². The van der Waals surface area contributed by atoms with Gasteiger partial charge in [0, 0.05) is 24.0 Å². The van der Waals surface area contributed by atoms with E-state index in [-0.39, 0.29) is 5.97 Å². The minimum absolute atomic E-state index is 0.180. The van der Waals surface area contributed by atoms with Gasteiger partial charge in [-0.2, -0.15) is 0 Å². The van der Waals surface area contributed by atoms with E-state index < -0.39 is 0 Å². The van der Waals surface area contributed by atoms with Gasteiger partial charge >= 0.3 is 5.97 Å². The highest BCUT2D eigenvalue weighted by Crippen LogP contribution is 2.27. The van der Waals surface area contributed by atoms with Crippen LogP contribution in [-0.2, 0) is 23.0 Å². The Morgan fingerprint density at radius 3 is 2.58 bits per heavy atom. The summed E-state index contributed by atoms with van der Waals surface area (Å²) in [5.41, 5.74) is 4.37. The monoisotopic (exact) mass is 257 g/mol. The SMILES string of the molecule is CCOC(=O)Cc1c(-c2ccccc2)cc(C)n1C. The van der Waals surface area contributed by atoms with Crippen LogP contribution in [0, 0.1) is 6.92 Å². The van der Waals surface area contributed by atoms with Crippen molar-refractivity contribution in [1.82, 2.24) is 4.57 Å². The maximum Gasteiger partial charge on any atom is 0.311 e. The Balaban J connectivity index is 2.39. The number of nitrogens with zero attached hydrogens (tertiary/aromatic N) is 1. The van der Waals surface area contributed by atoms with Crippen LogP contribution in [-0.4, -0.2) is 17.1 Å². The Kier molecular flexibility index (Phi) is 4.05. The summed E-state index contributed by atoms with van der Waals surface area (Å²) in [4.78, 5) is 11.7. The van der Waals surface area contributed by atoms with Crippen molar-refractivity contribution in [1.29, 1.82) is 0 Å². The summed E-state index contributed by atoms with van der Waals surface area (Å²) in [5, 5.41) is 0. The van der Waals surface area contributed by atoms with E-state index in [0.717, 1.165) is 22.5 Å². The lowest BCUT2D eigenvalue weighted by Gasteiger charge is -2.08. The topological polar surface area (TPSA) is 31.2 Å². The molecule has 3 heteroatoms. The average Bonchev–Trinajstić information content (AvgIpc) is 2.68. The van der Waals surface area contributed by atoms with Gasteiger partial charge in [0.2, 0.25) is 0 Å². The van der Waals surface area contributed by atoms with Gasteiger partial charge in [-0.25, -0.2) is 0 Å². The number of ether oxygens (including phenoxy) is 1. The Morgan fingerprint density at radius 1 is 1.26 bits per heavy atom. The lowest BCUT2D eigenvalue weighted by atomic mass is 10.0. The first-order chi connectivity index (χ1) is 9.13. The van der Waals surface area contributed by atoms with Gasteiger partial charge in [-0.05, 0) is 25.5 Å². The molecule has 0 amide bonds. The second-order valence-corrected chi connectivity index (χ2v) is 4.55. The lowest BCUT2D eigenvalue weighted by Crippen LogP contribution is -2.11. The third-order valence-corrected chi connectivity index (χ3v) is 3.30. The smallest absolute Gasteiger partial charge is 0.311 e. The zero-order valence-electron chi connectivity index (χ0n) is 11.6. The van der Waals surface area contributed by atoms with Crippen LogP contribution in [0.4, 0.5) is 0 Å². The standard InChI is InChI=1S/C16H19NO2/c1-4-19-16(18)11-15-14(10-12(2)17(15)3)13-8-6-5-7-9-13/h5-10H,4,11H2,1-3H3. The fourth-order valence-electron chi connectivity index (χ4n) is 2.21. The second-order valence-electron chi connectivity index (χ2n) is 4.55. The van der Waals surface area contributed by atoms with Crippen molar-refractivity contribution >= 4 is 5.97 Å². The van der Waals surface area contributed by atoms with Gasteiger partial charge in [-0.1, -0.05) is 30.3 Å². The van der Waals surface area contributed by atoms with E-state index in [4.69, 9.17) is 4.74 Å². The Bertz CT molecular complexity index is 570. The van der Waals surface area contributed by atoms with Crippen LogP contribution < -0.4 is 0 Å². The summed E-state index contributed by atoms with van der Waals surface area (Å²) >= 11 is 0. The van der Waals surface area contributed by atoms with Crippen LogP contribution in [0.3, 0.4) is 0 Å². The van der Waals surface area contributed by atoms with Gasteiger partial charge in [-0.3, -0.25) is 4.79 Å². The van der Waals surface area contributed by atoms with Crippen LogP contribution >= 0.6 is 0 Å². The second kappa shape index (κ2) is 5.74. The number of carbonyl (C=O) groups is 1. The molecule has 0 radical (unpaired) electrons. The Hall–Kier alpha value is -2.03. The van der Waals surface area contributed by atoms with Crippen molar-refractivity contribution in [3.05, 3.63) is 47.8 Å². The predicted octanol–water partition coefficient (Wildman–Crippen LogP) is 3.11. The van der Waals surface area contributed by atoms with E-state index in [2.05, 4.69) is 22.8 Å². The minimum atomic E-state index is -0.180. The molecule has 0 spiro atoms. The van der Waals surface area contributed by atoms with Gasteiger partial charge in [-0.15, -0.1) is 0 Å². The lowest BCUT2D eigenvalue weighted by molar-refractivity contribution is -0.142.